The number of nitro benzene ring substituents is 1. The lowest BCUT2D eigenvalue weighted by atomic mass is 10.1. The van der Waals surface area contributed by atoms with Crippen LogP contribution in [0.15, 0.2) is 46.3 Å². The van der Waals surface area contributed by atoms with Crippen molar-refractivity contribution in [1.29, 1.82) is 0 Å². The number of amides is 1. The lowest BCUT2D eigenvalue weighted by Crippen LogP contribution is -2.37. The van der Waals surface area contributed by atoms with Crippen LogP contribution in [0.2, 0.25) is 0 Å². The van der Waals surface area contributed by atoms with Crippen LogP contribution in [0.1, 0.15) is 26.3 Å². The van der Waals surface area contributed by atoms with Gasteiger partial charge in [-0.3, -0.25) is 24.3 Å². The average Bonchev–Trinajstić information content (AvgIpc) is 2.53. The molecule has 3 rings (SSSR count). The number of nitrogens with one attached hydrogen (secondary N) is 1. The number of rotatable bonds is 2. The van der Waals surface area contributed by atoms with Gasteiger partial charge in [0, 0.05) is 19.2 Å². The van der Waals surface area contributed by atoms with Gasteiger partial charge in [0.2, 0.25) is 5.91 Å². The van der Waals surface area contributed by atoms with E-state index in [0.717, 1.165) is 0 Å². The average molecular weight is 356 g/mol. The molecule has 2 aromatic rings. The van der Waals surface area contributed by atoms with Crippen molar-refractivity contribution in [3.63, 3.8) is 0 Å². The Balaban J connectivity index is 2.28. The third-order valence-electron chi connectivity index (χ3n) is 3.63. The fraction of sp³-hybridized carbons (Fsp3) is 0.235. The number of carbonyl (C=O) groups excluding carboxylic acids is 1. The zero-order valence-corrected chi connectivity index (χ0v) is 14.3. The molecule has 1 aromatic carbocycles. The fourth-order valence-corrected chi connectivity index (χ4v) is 2.66. The standard InChI is InChI=1S/C17H16N4O5/c1-10(22)18-12-8-11-14(9-13(12)21(24)25)26-17(2,3)19-16(11)20-7-5-4-6-15(20)23/h4-9H,1-3H3,(H,18,22). The Hall–Kier alpha value is -3.49. The number of carbonyl (C=O) groups is 1. The van der Waals surface area contributed by atoms with Gasteiger partial charge >= 0.3 is 0 Å². The smallest absolute Gasteiger partial charge is 0.296 e. The number of pyridine rings is 1. The molecule has 1 amide bonds. The highest BCUT2D eigenvalue weighted by atomic mass is 16.6. The van der Waals surface area contributed by atoms with E-state index in [1.807, 2.05) is 0 Å². The molecule has 0 spiro atoms. The summed E-state index contributed by atoms with van der Waals surface area (Å²) in [5, 5.41) is 13.8. The largest absolute Gasteiger partial charge is 0.466 e. The van der Waals surface area contributed by atoms with Gasteiger partial charge in [-0.25, -0.2) is 4.99 Å². The number of ether oxygens (including phenoxy) is 1. The molecule has 0 bridgehead atoms. The van der Waals surface area contributed by atoms with Crippen LogP contribution >= 0.6 is 0 Å². The number of fused-ring (bicyclic) bond motifs is 1. The van der Waals surface area contributed by atoms with Gasteiger partial charge in [0.25, 0.3) is 11.2 Å². The van der Waals surface area contributed by atoms with Crippen molar-refractivity contribution >= 4 is 23.1 Å². The van der Waals surface area contributed by atoms with Crippen molar-refractivity contribution in [1.82, 2.24) is 4.57 Å². The van der Waals surface area contributed by atoms with E-state index in [4.69, 9.17) is 4.74 Å². The third kappa shape index (κ3) is 3.18. The highest BCUT2D eigenvalue weighted by Crippen LogP contribution is 2.38. The summed E-state index contributed by atoms with van der Waals surface area (Å²) in [7, 11) is 0. The first-order valence-corrected chi connectivity index (χ1v) is 7.75. The Labute approximate surface area is 148 Å². The minimum absolute atomic E-state index is 0.00114. The summed E-state index contributed by atoms with van der Waals surface area (Å²) < 4.78 is 7.07. The monoisotopic (exact) mass is 356 g/mol. The minimum Gasteiger partial charge on any atom is -0.466 e. The van der Waals surface area contributed by atoms with Gasteiger partial charge in [0.15, 0.2) is 5.72 Å². The zero-order valence-electron chi connectivity index (χ0n) is 14.3. The maximum absolute atomic E-state index is 12.2. The second-order valence-electron chi connectivity index (χ2n) is 6.20. The first kappa shape index (κ1) is 17.3. The second kappa shape index (κ2) is 6.10. The van der Waals surface area contributed by atoms with Crippen LogP contribution in [-0.2, 0) is 4.79 Å². The first-order valence-electron chi connectivity index (χ1n) is 7.75. The number of aliphatic imine (C=N–C) groups is 1. The van der Waals surface area contributed by atoms with Gasteiger partial charge in [-0.05, 0) is 26.0 Å². The van der Waals surface area contributed by atoms with Crippen molar-refractivity contribution in [2.24, 2.45) is 4.99 Å². The Bertz CT molecular complexity index is 1010. The molecule has 1 aromatic heterocycles. The van der Waals surface area contributed by atoms with E-state index in [9.17, 15) is 19.7 Å². The summed E-state index contributed by atoms with van der Waals surface area (Å²) >= 11 is 0. The van der Waals surface area contributed by atoms with E-state index in [2.05, 4.69) is 10.3 Å². The van der Waals surface area contributed by atoms with Crippen molar-refractivity contribution < 1.29 is 14.5 Å². The predicted octanol–water partition coefficient (Wildman–Crippen LogP) is 2.14. The van der Waals surface area contributed by atoms with E-state index in [-0.39, 0.29) is 28.5 Å². The molecule has 9 heteroatoms. The maximum Gasteiger partial charge on any atom is 0.296 e. The van der Waals surface area contributed by atoms with Crippen LogP contribution in [0.25, 0.3) is 0 Å². The van der Waals surface area contributed by atoms with Gasteiger partial charge in [-0.2, -0.15) is 0 Å². The fourth-order valence-electron chi connectivity index (χ4n) is 2.66. The number of anilines is 1. The molecule has 0 fully saturated rings. The molecule has 0 unspecified atom stereocenters. The van der Waals surface area contributed by atoms with Crippen LogP contribution in [0.4, 0.5) is 11.4 Å². The van der Waals surface area contributed by atoms with Crippen LogP contribution in [0.3, 0.4) is 0 Å². The van der Waals surface area contributed by atoms with Gasteiger partial charge in [-0.15, -0.1) is 0 Å². The van der Waals surface area contributed by atoms with E-state index >= 15 is 0 Å². The number of hydrogen-bond acceptors (Lipinski definition) is 6. The quantitative estimate of drug-likeness (QED) is 0.654. The zero-order chi connectivity index (χ0) is 19.1. The summed E-state index contributed by atoms with van der Waals surface area (Å²) in [5.41, 5.74) is -1.28. The molecule has 0 saturated carbocycles. The van der Waals surface area contributed by atoms with Crippen molar-refractivity contribution in [2.45, 2.75) is 26.5 Å². The summed E-state index contributed by atoms with van der Waals surface area (Å²) in [4.78, 5) is 38.9. The Kier molecular flexibility index (Phi) is 4.07. The topological polar surface area (TPSA) is 116 Å². The second-order valence-corrected chi connectivity index (χ2v) is 6.20. The lowest BCUT2D eigenvalue weighted by Gasteiger charge is -2.30. The number of nitro groups is 1. The molecule has 1 aliphatic rings. The molecule has 2 heterocycles. The summed E-state index contributed by atoms with van der Waals surface area (Å²) in [6.07, 6.45) is 1.55. The van der Waals surface area contributed by atoms with Crippen LogP contribution in [-0.4, -0.2) is 27.0 Å². The van der Waals surface area contributed by atoms with E-state index in [0.29, 0.717) is 5.56 Å². The molecule has 1 N–H and O–H groups in total. The normalized spacial score (nSPS) is 14.7. The molecule has 0 saturated heterocycles. The molecule has 0 radical (unpaired) electrons. The summed E-state index contributed by atoms with van der Waals surface area (Å²) in [5.74, 6) is 0.0281. The molecular weight excluding hydrogens is 340 g/mol. The van der Waals surface area contributed by atoms with E-state index in [1.165, 1.54) is 29.7 Å². The Morgan fingerprint density at radius 2 is 2.08 bits per heavy atom. The van der Waals surface area contributed by atoms with Gasteiger partial charge in [0.1, 0.15) is 17.3 Å². The van der Waals surface area contributed by atoms with E-state index in [1.54, 1.807) is 32.2 Å². The first-order chi connectivity index (χ1) is 12.2. The highest BCUT2D eigenvalue weighted by Gasteiger charge is 2.32. The number of nitrogens with zero attached hydrogens (tertiary/aromatic N) is 3. The van der Waals surface area contributed by atoms with Crippen molar-refractivity contribution in [3.05, 3.63) is 62.6 Å². The lowest BCUT2D eigenvalue weighted by molar-refractivity contribution is -0.384. The molecule has 134 valence electrons. The number of hydrogen-bond donors (Lipinski definition) is 1. The van der Waals surface area contributed by atoms with Crippen molar-refractivity contribution in [2.75, 3.05) is 5.32 Å². The van der Waals surface area contributed by atoms with Crippen molar-refractivity contribution in [3.8, 4) is 5.75 Å². The molecular formula is C17H16N4O5. The Morgan fingerprint density at radius 1 is 1.35 bits per heavy atom. The number of aromatic nitrogens is 1. The maximum atomic E-state index is 12.2. The summed E-state index contributed by atoms with van der Waals surface area (Å²) in [6, 6.07) is 7.27. The van der Waals surface area contributed by atoms with Gasteiger partial charge in [0.05, 0.1) is 16.6 Å². The molecule has 9 nitrogen and oxygen atoms in total. The molecule has 26 heavy (non-hydrogen) atoms. The SMILES string of the molecule is CC(=O)Nc1cc2c(cc1[N+](=O)[O-])OC(C)(C)N=C2n1ccccc1=O. The molecule has 1 aliphatic heterocycles. The summed E-state index contributed by atoms with van der Waals surface area (Å²) in [6.45, 7) is 4.61. The predicted molar refractivity (Wildman–Crippen MR) is 94.7 cm³/mol. The van der Waals surface area contributed by atoms with Crippen LogP contribution in [0, 0.1) is 10.1 Å². The van der Waals surface area contributed by atoms with Gasteiger partial charge in [-0.1, -0.05) is 6.07 Å². The molecule has 0 aliphatic carbocycles. The van der Waals surface area contributed by atoms with E-state index < -0.39 is 16.6 Å². The minimum atomic E-state index is -1.03. The molecule has 0 atom stereocenters. The van der Waals surface area contributed by atoms with Gasteiger partial charge < -0.3 is 10.1 Å². The Morgan fingerprint density at radius 3 is 2.69 bits per heavy atom. The highest BCUT2D eigenvalue weighted by molar-refractivity contribution is 6.06. The third-order valence-corrected chi connectivity index (χ3v) is 3.63. The van der Waals surface area contributed by atoms with Crippen LogP contribution < -0.4 is 15.6 Å². The number of benzene rings is 1. The van der Waals surface area contributed by atoms with Crippen LogP contribution in [0.5, 0.6) is 5.75 Å².